The monoisotopic (exact) mass is 255 g/mol. The average Bonchev–Trinajstić information content (AvgIpc) is 2.44. The lowest BCUT2D eigenvalue weighted by atomic mass is 10.2. The van der Waals surface area contributed by atoms with Crippen molar-refractivity contribution in [3.8, 4) is 0 Å². The van der Waals surface area contributed by atoms with E-state index >= 15 is 0 Å². The first kappa shape index (κ1) is 13.6. The van der Waals surface area contributed by atoms with Crippen molar-refractivity contribution in [3.05, 3.63) is 17.5 Å². The van der Waals surface area contributed by atoms with Gasteiger partial charge in [0.2, 0.25) is 0 Å². The SMILES string of the molecule is Cc1c(C(=O)OC(C)(C)C)cnn1CC(N)=S. The summed E-state index contributed by atoms with van der Waals surface area (Å²) in [5.41, 5.74) is 6.06. The van der Waals surface area contributed by atoms with Crippen molar-refractivity contribution in [2.75, 3.05) is 0 Å². The molecule has 0 bridgehead atoms. The first-order valence-electron chi connectivity index (χ1n) is 5.25. The zero-order chi connectivity index (χ0) is 13.2. The van der Waals surface area contributed by atoms with Gasteiger partial charge in [-0.3, -0.25) is 4.68 Å². The van der Waals surface area contributed by atoms with E-state index in [-0.39, 0.29) is 5.97 Å². The lowest BCUT2D eigenvalue weighted by molar-refractivity contribution is 0.00686. The molecule has 0 atom stereocenters. The third-order valence-electron chi connectivity index (χ3n) is 2.03. The summed E-state index contributed by atoms with van der Waals surface area (Å²) in [6, 6.07) is 0. The van der Waals surface area contributed by atoms with Gasteiger partial charge in [0.15, 0.2) is 0 Å². The summed E-state index contributed by atoms with van der Waals surface area (Å²) in [6.07, 6.45) is 1.47. The van der Waals surface area contributed by atoms with Crippen LogP contribution in [-0.4, -0.2) is 26.3 Å². The minimum Gasteiger partial charge on any atom is -0.456 e. The van der Waals surface area contributed by atoms with Gasteiger partial charge in [0, 0.05) is 0 Å². The summed E-state index contributed by atoms with van der Waals surface area (Å²) in [5.74, 6) is -0.385. The molecule has 6 heteroatoms. The van der Waals surface area contributed by atoms with Crippen LogP contribution in [0, 0.1) is 6.92 Å². The molecule has 5 nitrogen and oxygen atoms in total. The van der Waals surface area contributed by atoms with Crippen molar-refractivity contribution in [3.63, 3.8) is 0 Å². The fourth-order valence-corrected chi connectivity index (χ4v) is 1.41. The molecule has 1 aromatic rings. The maximum Gasteiger partial charge on any atom is 0.342 e. The maximum absolute atomic E-state index is 11.8. The van der Waals surface area contributed by atoms with Gasteiger partial charge in [-0.2, -0.15) is 5.10 Å². The molecule has 0 amide bonds. The van der Waals surface area contributed by atoms with Crippen molar-refractivity contribution >= 4 is 23.2 Å². The second-order valence-corrected chi connectivity index (χ2v) is 5.29. The third-order valence-corrected chi connectivity index (χ3v) is 2.16. The summed E-state index contributed by atoms with van der Waals surface area (Å²) in [6.45, 7) is 7.56. The number of nitrogens with two attached hydrogens (primary N) is 1. The predicted molar refractivity (Wildman–Crippen MR) is 68.9 cm³/mol. The Morgan fingerprint density at radius 1 is 1.59 bits per heavy atom. The van der Waals surface area contributed by atoms with Crippen LogP contribution in [-0.2, 0) is 11.3 Å². The van der Waals surface area contributed by atoms with Crippen LogP contribution in [0.15, 0.2) is 6.20 Å². The zero-order valence-corrected chi connectivity index (χ0v) is 11.3. The largest absolute Gasteiger partial charge is 0.456 e. The highest BCUT2D eigenvalue weighted by Crippen LogP contribution is 2.14. The molecule has 17 heavy (non-hydrogen) atoms. The van der Waals surface area contributed by atoms with Crippen molar-refractivity contribution < 1.29 is 9.53 Å². The number of carbonyl (C=O) groups excluding carboxylic acids is 1. The van der Waals surface area contributed by atoms with Gasteiger partial charge in [-0.1, -0.05) is 12.2 Å². The Hall–Kier alpha value is -1.43. The van der Waals surface area contributed by atoms with E-state index < -0.39 is 5.60 Å². The Labute approximate surface area is 106 Å². The number of rotatable bonds is 3. The van der Waals surface area contributed by atoms with Crippen molar-refractivity contribution in [2.45, 2.75) is 39.8 Å². The van der Waals surface area contributed by atoms with Crippen LogP contribution in [0.4, 0.5) is 0 Å². The molecule has 0 aliphatic heterocycles. The summed E-state index contributed by atoms with van der Waals surface area (Å²) in [4.78, 5) is 12.2. The van der Waals surface area contributed by atoms with E-state index in [4.69, 9.17) is 22.7 Å². The predicted octanol–water partition coefficient (Wildman–Crippen LogP) is 1.43. The van der Waals surface area contributed by atoms with Gasteiger partial charge in [0.25, 0.3) is 0 Å². The standard InChI is InChI=1S/C11H17N3O2S/c1-7-8(10(15)16-11(2,3)4)5-13-14(7)6-9(12)17/h5H,6H2,1-4H3,(H2,12,17). The summed E-state index contributed by atoms with van der Waals surface area (Å²) in [5, 5.41) is 4.06. The minimum atomic E-state index is -0.519. The van der Waals surface area contributed by atoms with Crippen molar-refractivity contribution in [1.29, 1.82) is 0 Å². The van der Waals surface area contributed by atoms with Gasteiger partial charge < -0.3 is 10.5 Å². The normalized spacial score (nSPS) is 11.3. The average molecular weight is 255 g/mol. The Morgan fingerprint density at radius 3 is 2.65 bits per heavy atom. The molecule has 0 aliphatic carbocycles. The van der Waals surface area contributed by atoms with E-state index in [1.54, 1.807) is 11.6 Å². The lowest BCUT2D eigenvalue weighted by Crippen LogP contribution is -2.24. The molecule has 0 radical (unpaired) electrons. The van der Waals surface area contributed by atoms with Crippen LogP contribution in [0.25, 0.3) is 0 Å². The van der Waals surface area contributed by atoms with Gasteiger partial charge in [0.1, 0.15) is 11.2 Å². The zero-order valence-electron chi connectivity index (χ0n) is 10.5. The first-order chi connectivity index (χ1) is 7.70. The second kappa shape index (κ2) is 4.83. The fourth-order valence-electron chi connectivity index (χ4n) is 1.29. The Balaban J connectivity index is 2.89. The van der Waals surface area contributed by atoms with E-state index in [0.29, 0.717) is 22.8 Å². The third kappa shape index (κ3) is 3.81. The number of aromatic nitrogens is 2. The van der Waals surface area contributed by atoms with Crippen LogP contribution in [0.5, 0.6) is 0 Å². The molecule has 0 aliphatic rings. The minimum absolute atomic E-state index is 0.323. The molecular formula is C11H17N3O2S. The van der Waals surface area contributed by atoms with Gasteiger partial charge in [0.05, 0.1) is 23.4 Å². The number of esters is 1. The molecule has 1 heterocycles. The maximum atomic E-state index is 11.8. The summed E-state index contributed by atoms with van der Waals surface area (Å²) >= 11 is 4.80. The van der Waals surface area contributed by atoms with Crippen LogP contribution in [0.3, 0.4) is 0 Å². The number of ether oxygens (including phenoxy) is 1. The highest BCUT2D eigenvalue weighted by molar-refractivity contribution is 7.80. The summed E-state index contributed by atoms with van der Waals surface area (Å²) < 4.78 is 6.85. The van der Waals surface area contributed by atoms with E-state index in [0.717, 1.165) is 0 Å². The number of hydrogen-bond acceptors (Lipinski definition) is 4. The molecule has 0 saturated carbocycles. The molecule has 2 N–H and O–H groups in total. The molecule has 94 valence electrons. The van der Waals surface area contributed by atoms with E-state index in [2.05, 4.69) is 5.10 Å². The number of nitrogens with zero attached hydrogens (tertiary/aromatic N) is 2. The topological polar surface area (TPSA) is 70.1 Å². The van der Waals surface area contributed by atoms with Gasteiger partial charge in [-0.05, 0) is 27.7 Å². The fraction of sp³-hybridized carbons (Fsp3) is 0.545. The second-order valence-electron chi connectivity index (χ2n) is 4.77. The van der Waals surface area contributed by atoms with Crippen LogP contribution in [0.1, 0.15) is 36.8 Å². The van der Waals surface area contributed by atoms with Crippen LogP contribution in [0.2, 0.25) is 0 Å². The molecule has 0 fully saturated rings. The van der Waals surface area contributed by atoms with E-state index in [1.807, 2.05) is 20.8 Å². The molecule has 1 rings (SSSR count). The van der Waals surface area contributed by atoms with Crippen molar-refractivity contribution in [2.24, 2.45) is 5.73 Å². The highest BCUT2D eigenvalue weighted by atomic mass is 32.1. The number of hydrogen-bond donors (Lipinski definition) is 1. The lowest BCUT2D eigenvalue weighted by Gasteiger charge is -2.19. The first-order valence-corrected chi connectivity index (χ1v) is 5.65. The Bertz CT molecular complexity index is 446. The van der Waals surface area contributed by atoms with E-state index in [9.17, 15) is 4.79 Å². The van der Waals surface area contributed by atoms with E-state index in [1.165, 1.54) is 6.20 Å². The Kier molecular flexibility index (Phi) is 3.87. The van der Waals surface area contributed by atoms with Gasteiger partial charge in [-0.15, -0.1) is 0 Å². The molecule has 0 aromatic carbocycles. The molecular weight excluding hydrogens is 238 g/mol. The van der Waals surface area contributed by atoms with Crippen LogP contribution < -0.4 is 5.73 Å². The molecule has 0 saturated heterocycles. The van der Waals surface area contributed by atoms with Crippen LogP contribution >= 0.6 is 12.2 Å². The molecule has 1 aromatic heterocycles. The Morgan fingerprint density at radius 2 is 2.18 bits per heavy atom. The summed E-state index contributed by atoms with van der Waals surface area (Å²) in [7, 11) is 0. The molecule has 0 unspecified atom stereocenters. The van der Waals surface area contributed by atoms with Gasteiger partial charge in [-0.25, -0.2) is 4.79 Å². The van der Waals surface area contributed by atoms with Gasteiger partial charge >= 0.3 is 5.97 Å². The van der Waals surface area contributed by atoms with Crippen molar-refractivity contribution in [1.82, 2.24) is 9.78 Å². The number of carbonyl (C=O) groups is 1. The highest BCUT2D eigenvalue weighted by Gasteiger charge is 2.21. The number of thiocarbonyl (C=S) groups is 1. The smallest absolute Gasteiger partial charge is 0.342 e. The molecule has 0 spiro atoms. The quantitative estimate of drug-likeness (QED) is 0.653.